The number of thiol groups is 2. The predicted molar refractivity (Wildman–Crippen MR) is 286 cm³/mol. The van der Waals surface area contributed by atoms with Gasteiger partial charge in [0.05, 0.1) is 0 Å². The molecule has 0 aromatic heterocycles. The zero-order valence-electron chi connectivity index (χ0n) is 43.1. The Kier molecular flexibility index (Phi) is 67.1. The Bertz CT molecular complexity index is 780. The van der Waals surface area contributed by atoms with Crippen molar-refractivity contribution < 1.29 is 19.8 Å². The molecule has 63 heavy (non-hydrogen) atoms. The van der Waals surface area contributed by atoms with Crippen LogP contribution >= 0.6 is 25.3 Å². The molecule has 0 radical (unpaired) electrons. The van der Waals surface area contributed by atoms with Crippen LogP contribution in [0.1, 0.15) is 310 Å². The molecule has 0 bridgehead atoms. The average Bonchev–Trinajstić information content (AvgIpc) is 3.27. The quantitative estimate of drug-likeness (QED) is 0.0361. The van der Waals surface area contributed by atoms with Crippen LogP contribution in [0.2, 0.25) is 8.87 Å². The SMILES string of the molecule is CCCCCCCCCCCCCCCCC(CCS)C(=O)[O-].CCCCCCCCCCCCCCCCC(CCS)C(=O)[O-].CCCCCCC[CH2][Sn+2][CH2]CCCCCCC. The van der Waals surface area contributed by atoms with Gasteiger partial charge in [-0.1, -0.05) is 194 Å². The number of rotatable bonds is 50. The summed E-state index contributed by atoms with van der Waals surface area (Å²) in [5.74, 6) is -1.09. The average molecular weight is 1030 g/mol. The van der Waals surface area contributed by atoms with Crippen molar-refractivity contribution in [3.05, 3.63) is 0 Å². The molecular weight excluding hydrogens is 919 g/mol. The Morgan fingerprint density at radius 3 is 0.698 bits per heavy atom. The van der Waals surface area contributed by atoms with Gasteiger partial charge in [0.1, 0.15) is 0 Å². The first kappa shape index (κ1) is 67.7. The van der Waals surface area contributed by atoms with Crippen molar-refractivity contribution in [1.29, 1.82) is 0 Å². The summed E-state index contributed by atoms with van der Waals surface area (Å²) in [6, 6.07) is 0. The van der Waals surface area contributed by atoms with Crippen LogP contribution in [0, 0.1) is 11.8 Å². The molecule has 0 aliphatic rings. The van der Waals surface area contributed by atoms with Crippen LogP contribution in [0.4, 0.5) is 0 Å². The summed E-state index contributed by atoms with van der Waals surface area (Å²) in [5, 5.41) is 21.8. The molecule has 4 nitrogen and oxygen atoms in total. The second kappa shape index (κ2) is 62.4. The van der Waals surface area contributed by atoms with E-state index in [1.54, 1.807) is 21.7 Å². The van der Waals surface area contributed by atoms with Crippen LogP contribution < -0.4 is 10.2 Å². The first-order valence-corrected chi connectivity index (χ1v) is 33.5. The zero-order valence-corrected chi connectivity index (χ0v) is 47.8. The number of carboxylic acids is 2. The van der Waals surface area contributed by atoms with Gasteiger partial charge in [0, 0.05) is 11.9 Å². The molecule has 0 aliphatic carbocycles. The van der Waals surface area contributed by atoms with Gasteiger partial charge in [-0.3, -0.25) is 0 Å². The summed E-state index contributed by atoms with van der Waals surface area (Å²) in [6.07, 6.45) is 58.0. The van der Waals surface area contributed by atoms with Gasteiger partial charge in [0.15, 0.2) is 0 Å². The number of carbonyl (C=O) groups is 2. The third-order valence-electron chi connectivity index (χ3n) is 12.8. The Hall–Kier alpha value is 0.439. The van der Waals surface area contributed by atoms with Gasteiger partial charge in [0.2, 0.25) is 0 Å². The monoisotopic (exact) mass is 1030 g/mol. The second-order valence-corrected chi connectivity index (χ2v) is 24.3. The van der Waals surface area contributed by atoms with Crippen molar-refractivity contribution in [3.63, 3.8) is 0 Å². The van der Waals surface area contributed by atoms with Crippen LogP contribution in [-0.4, -0.2) is 44.6 Å². The van der Waals surface area contributed by atoms with Gasteiger partial charge in [-0.15, -0.1) is 0 Å². The summed E-state index contributed by atoms with van der Waals surface area (Å²) in [7, 11) is 0. The molecule has 0 aliphatic heterocycles. The van der Waals surface area contributed by atoms with Gasteiger partial charge in [-0.25, -0.2) is 0 Å². The normalized spacial score (nSPS) is 11.9. The molecule has 0 saturated heterocycles. The summed E-state index contributed by atoms with van der Waals surface area (Å²) in [6.45, 7) is 9.14. The maximum absolute atomic E-state index is 10.9. The minimum absolute atomic E-state index is 0.0736. The number of unbranched alkanes of at least 4 members (excludes halogenated alkanes) is 36. The van der Waals surface area contributed by atoms with E-state index in [2.05, 4.69) is 53.0 Å². The molecule has 0 rings (SSSR count). The summed E-state index contributed by atoms with van der Waals surface area (Å²) in [4.78, 5) is 21.8. The van der Waals surface area contributed by atoms with Gasteiger partial charge < -0.3 is 19.8 Å². The fraction of sp³-hybridized carbons (Fsp3) is 0.964. The molecular formula is C56H112O4S2Sn. The molecule has 376 valence electrons. The van der Waals surface area contributed by atoms with Crippen LogP contribution in [0.25, 0.3) is 0 Å². The van der Waals surface area contributed by atoms with E-state index in [1.807, 2.05) is 0 Å². The Labute approximate surface area is 417 Å². The summed E-state index contributed by atoms with van der Waals surface area (Å²) >= 11 is 8.29. The molecule has 7 heteroatoms. The van der Waals surface area contributed by atoms with E-state index in [9.17, 15) is 19.8 Å². The van der Waals surface area contributed by atoms with Crippen molar-refractivity contribution in [3.8, 4) is 0 Å². The molecule has 0 aromatic carbocycles. The number of aliphatic carboxylic acids is 2. The van der Waals surface area contributed by atoms with Gasteiger partial charge in [0.25, 0.3) is 0 Å². The number of carboxylic acid groups (broad SMARTS) is 2. The van der Waals surface area contributed by atoms with Crippen LogP contribution in [0.15, 0.2) is 0 Å². The van der Waals surface area contributed by atoms with E-state index in [0.717, 1.165) is 38.5 Å². The van der Waals surface area contributed by atoms with Crippen molar-refractivity contribution in [2.24, 2.45) is 11.8 Å². The van der Waals surface area contributed by atoms with Crippen molar-refractivity contribution in [2.75, 3.05) is 11.5 Å². The standard InChI is InChI=1S/2C20H40O2S.2C8H17.Sn/c2*1-2-3-4-5-6-7-8-9-10-11-12-13-14-15-16-19(17-18-23)20(21)22;2*1-3-5-7-8-6-4-2;/h2*19,23H,2-18H2,1H3,(H,21,22);2*1,3-8H2,2H3;/q;;;;+2/p-2. The molecule has 0 aromatic rings. The second-order valence-electron chi connectivity index (χ2n) is 19.1. The number of hydrogen-bond donors (Lipinski definition) is 2. The van der Waals surface area contributed by atoms with E-state index < -0.39 is 11.9 Å². The van der Waals surface area contributed by atoms with E-state index in [4.69, 9.17) is 0 Å². The zero-order chi connectivity index (χ0) is 47.0. The van der Waals surface area contributed by atoms with Crippen LogP contribution in [0.5, 0.6) is 0 Å². The fourth-order valence-corrected chi connectivity index (χ4v) is 12.6. The maximum atomic E-state index is 10.9. The molecule has 2 unspecified atom stereocenters. The third-order valence-corrected chi connectivity index (χ3v) is 17.4. The van der Waals surface area contributed by atoms with E-state index in [1.165, 1.54) is 218 Å². The van der Waals surface area contributed by atoms with Crippen LogP contribution in [-0.2, 0) is 9.59 Å². The van der Waals surface area contributed by atoms with Crippen molar-refractivity contribution in [1.82, 2.24) is 0 Å². The topological polar surface area (TPSA) is 80.3 Å². The van der Waals surface area contributed by atoms with Gasteiger partial charge >= 0.3 is 121 Å². The Morgan fingerprint density at radius 2 is 0.508 bits per heavy atom. The predicted octanol–water partition coefficient (Wildman–Crippen LogP) is 17.3. The molecule has 0 amide bonds. The minimum atomic E-state index is -0.895. The fourth-order valence-electron chi connectivity index (χ4n) is 8.43. The van der Waals surface area contributed by atoms with E-state index in [0.29, 0.717) is 24.3 Å². The van der Waals surface area contributed by atoms with Crippen molar-refractivity contribution >= 4 is 58.3 Å². The summed E-state index contributed by atoms with van der Waals surface area (Å²) < 4.78 is 3.31. The molecule has 0 heterocycles. The number of hydrogen-bond acceptors (Lipinski definition) is 6. The third kappa shape index (κ3) is 62.4. The summed E-state index contributed by atoms with van der Waals surface area (Å²) in [5.41, 5.74) is 0. The van der Waals surface area contributed by atoms with Gasteiger partial charge in [-0.05, 0) is 49.0 Å². The Balaban J connectivity index is -0.000000869. The molecule has 0 saturated carbocycles. The van der Waals surface area contributed by atoms with Crippen molar-refractivity contribution in [2.45, 2.75) is 319 Å². The molecule has 0 spiro atoms. The number of carbonyl (C=O) groups excluding carboxylic acids is 2. The Morgan fingerprint density at radius 1 is 0.317 bits per heavy atom. The molecule has 0 fully saturated rings. The molecule has 0 N–H and O–H groups in total. The first-order chi connectivity index (χ1) is 30.9. The first-order valence-electron chi connectivity index (χ1n) is 28.2. The van der Waals surface area contributed by atoms with E-state index in [-0.39, 0.29) is 33.0 Å². The molecule has 2 atom stereocenters. The van der Waals surface area contributed by atoms with Crippen LogP contribution in [0.3, 0.4) is 0 Å². The van der Waals surface area contributed by atoms with Gasteiger partial charge in [-0.2, -0.15) is 25.3 Å². The van der Waals surface area contributed by atoms with E-state index >= 15 is 0 Å².